The number of benzene rings is 1. The van der Waals surface area contributed by atoms with E-state index in [1.165, 1.54) is 18.2 Å². The van der Waals surface area contributed by atoms with E-state index in [0.717, 1.165) is 5.95 Å². The number of aryl methyl sites for hydroxylation is 1. The van der Waals surface area contributed by atoms with Crippen molar-refractivity contribution in [3.63, 3.8) is 0 Å². The van der Waals surface area contributed by atoms with Crippen LogP contribution in [0, 0.1) is 0 Å². The second kappa shape index (κ2) is 6.62. The lowest BCUT2D eigenvalue weighted by Gasteiger charge is -2.32. The predicted octanol–water partition coefficient (Wildman–Crippen LogP) is 1.73. The molecule has 3 rings (SSSR count). The Bertz CT molecular complexity index is 829. The molecular weight excluding hydrogens is 352 g/mol. The molecule has 0 amide bonds. The number of para-hydroxylation sites is 1. The van der Waals surface area contributed by atoms with Crippen LogP contribution in [-0.2, 0) is 17.1 Å². The van der Waals surface area contributed by atoms with Gasteiger partial charge in [-0.3, -0.25) is 0 Å². The van der Waals surface area contributed by atoms with Crippen LogP contribution in [0.25, 0.3) is 0 Å². The molecule has 1 fully saturated rings. The van der Waals surface area contributed by atoms with Crippen LogP contribution in [0.4, 0.5) is 5.95 Å². The average Bonchev–Trinajstić information content (AvgIpc) is 2.96. The zero-order valence-corrected chi connectivity index (χ0v) is 14.8. The molecule has 7 nitrogen and oxygen atoms in total. The number of phenolic OH excluding ortho intramolecular Hbond substituents is 1. The molecule has 1 aliphatic rings. The molecule has 1 aliphatic heterocycles. The minimum atomic E-state index is -3.82. The molecule has 2 N–H and O–H groups in total. The third kappa shape index (κ3) is 3.35. The summed E-state index contributed by atoms with van der Waals surface area (Å²) in [6.07, 6.45) is 4.94. The number of piperidine rings is 1. The molecule has 0 unspecified atom stereocenters. The van der Waals surface area contributed by atoms with Gasteiger partial charge in [0.15, 0.2) is 5.75 Å². The SMILES string of the molecule is Cn1ccnc1N1CCC(NS(=O)(=O)c2cccc(Cl)c2O)CC1. The van der Waals surface area contributed by atoms with Crippen LogP contribution in [0.5, 0.6) is 5.75 Å². The lowest BCUT2D eigenvalue weighted by molar-refractivity contribution is 0.444. The Balaban J connectivity index is 1.67. The van der Waals surface area contributed by atoms with Gasteiger partial charge in [0.25, 0.3) is 0 Å². The first-order chi connectivity index (χ1) is 11.4. The summed E-state index contributed by atoms with van der Waals surface area (Å²) in [7, 11) is -1.89. The first-order valence-electron chi connectivity index (χ1n) is 7.60. The van der Waals surface area contributed by atoms with Crippen molar-refractivity contribution in [2.75, 3.05) is 18.0 Å². The number of nitrogens with zero attached hydrogens (tertiary/aromatic N) is 3. The normalized spacial score (nSPS) is 16.5. The molecule has 24 heavy (non-hydrogen) atoms. The minimum absolute atomic E-state index is 0.0162. The molecule has 9 heteroatoms. The van der Waals surface area contributed by atoms with Gasteiger partial charge in [-0.05, 0) is 25.0 Å². The third-order valence-electron chi connectivity index (χ3n) is 4.13. The largest absolute Gasteiger partial charge is 0.505 e. The van der Waals surface area contributed by atoms with Crippen molar-refractivity contribution >= 4 is 27.6 Å². The maximum Gasteiger partial charge on any atom is 0.244 e. The number of hydrogen-bond donors (Lipinski definition) is 2. The van der Waals surface area contributed by atoms with E-state index in [9.17, 15) is 13.5 Å². The first kappa shape index (κ1) is 17.1. The van der Waals surface area contributed by atoms with Gasteiger partial charge in [0.2, 0.25) is 16.0 Å². The fraction of sp³-hybridized carbons (Fsp3) is 0.400. The fourth-order valence-electron chi connectivity index (χ4n) is 2.86. The van der Waals surface area contributed by atoms with Crippen LogP contribution in [0.15, 0.2) is 35.5 Å². The summed E-state index contributed by atoms with van der Waals surface area (Å²) in [6, 6.07) is 4.10. The Morgan fingerprint density at radius 2 is 2.04 bits per heavy atom. The van der Waals surface area contributed by atoms with Gasteiger partial charge in [-0.25, -0.2) is 18.1 Å². The topological polar surface area (TPSA) is 87.5 Å². The fourth-order valence-corrected chi connectivity index (χ4v) is 4.51. The van der Waals surface area contributed by atoms with E-state index >= 15 is 0 Å². The minimum Gasteiger partial charge on any atom is -0.505 e. The Kier molecular flexibility index (Phi) is 4.71. The zero-order chi connectivity index (χ0) is 17.3. The Morgan fingerprint density at radius 3 is 2.67 bits per heavy atom. The molecule has 0 spiro atoms. The molecule has 0 bridgehead atoms. The first-order valence-corrected chi connectivity index (χ1v) is 9.46. The molecule has 1 aromatic heterocycles. The van der Waals surface area contributed by atoms with Crippen LogP contribution in [-0.4, -0.2) is 42.2 Å². The number of halogens is 1. The van der Waals surface area contributed by atoms with E-state index in [1.54, 1.807) is 6.20 Å². The summed E-state index contributed by atoms with van der Waals surface area (Å²) in [6.45, 7) is 1.42. The van der Waals surface area contributed by atoms with Gasteiger partial charge in [-0.15, -0.1) is 0 Å². The number of sulfonamides is 1. The van der Waals surface area contributed by atoms with Crippen molar-refractivity contribution in [2.24, 2.45) is 7.05 Å². The molecule has 0 aliphatic carbocycles. The predicted molar refractivity (Wildman–Crippen MR) is 91.9 cm³/mol. The number of hydrogen-bond acceptors (Lipinski definition) is 5. The molecule has 130 valence electrons. The molecule has 0 saturated carbocycles. The molecule has 1 aromatic carbocycles. The van der Waals surface area contributed by atoms with Gasteiger partial charge in [-0.1, -0.05) is 17.7 Å². The number of phenols is 1. The van der Waals surface area contributed by atoms with E-state index in [2.05, 4.69) is 14.6 Å². The Morgan fingerprint density at radius 1 is 1.33 bits per heavy atom. The summed E-state index contributed by atoms with van der Waals surface area (Å²) in [4.78, 5) is 6.24. The monoisotopic (exact) mass is 370 g/mol. The molecule has 2 aromatic rings. The second-order valence-corrected chi connectivity index (χ2v) is 7.90. The van der Waals surface area contributed by atoms with E-state index in [4.69, 9.17) is 11.6 Å². The Labute approximate surface area is 145 Å². The summed E-state index contributed by atoms with van der Waals surface area (Å²) in [5.74, 6) is 0.459. The highest BCUT2D eigenvalue weighted by atomic mass is 35.5. The van der Waals surface area contributed by atoms with E-state index in [1.807, 2.05) is 17.8 Å². The highest BCUT2D eigenvalue weighted by Gasteiger charge is 2.27. The van der Waals surface area contributed by atoms with Crippen molar-refractivity contribution in [2.45, 2.75) is 23.8 Å². The van der Waals surface area contributed by atoms with Gasteiger partial charge >= 0.3 is 0 Å². The van der Waals surface area contributed by atoms with Crippen LogP contribution in [0.2, 0.25) is 5.02 Å². The quantitative estimate of drug-likeness (QED) is 0.855. The van der Waals surface area contributed by atoms with E-state index in [0.29, 0.717) is 25.9 Å². The third-order valence-corrected chi connectivity index (χ3v) is 5.99. The zero-order valence-electron chi connectivity index (χ0n) is 13.2. The molecule has 1 saturated heterocycles. The highest BCUT2D eigenvalue weighted by molar-refractivity contribution is 7.89. The van der Waals surface area contributed by atoms with Gasteiger partial charge in [0.05, 0.1) is 5.02 Å². The lowest BCUT2D eigenvalue weighted by Crippen LogP contribution is -2.45. The van der Waals surface area contributed by atoms with Gasteiger partial charge in [0, 0.05) is 38.6 Å². The molecular formula is C15H19ClN4O3S. The number of imidazole rings is 1. The van der Waals surface area contributed by atoms with Crippen molar-refractivity contribution in [3.8, 4) is 5.75 Å². The summed E-state index contributed by atoms with van der Waals surface area (Å²) in [5, 5.41) is 9.91. The number of aromatic hydroxyl groups is 1. The number of nitrogens with one attached hydrogen (secondary N) is 1. The van der Waals surface area contributed by atoms with Crippen molar-refractivity contribution in [1.82, 2.24) is 14.3 Å². The number of anilines is 1. The highest BCUT2D eigenvalue weighted by Crippen LogP contribution is 2.30. The van der Waals surface area contributed by atoms with Crippen molar-refractivity contribution in [1.29, 1.82) is 0 Å². The van der Waals surface area contributed by atoms with Crippen LogP contribution < -0.4 is 9.62 Å². The van der Waals surface area contributed by atoms with E-state index < -0.39 is 15.8 Å². The van der Waals surface area contributed by atoms with Crippen molar-refractivity contribution in [3.05, 3.63) is 35.6 Å². The maximum atomic E-state index is 12.5. The average molecular weight is 371 g/mol. The lowest BCUT2D eigenvalue weighted by atomic mass is 10.1. The van der Waals surface area contributed by atoms with Crippen LogP contribution >= 0.6 is 11.6 Å². The summed E-state index contributed by atoms with van der Waals surface area (Å²) in [5.41, 5.74) is 0. The van der Waals surface area contributed by atoms with Crippen molar-refractivity contribution < 1.29 is 13.5 Å². The Hall–Kier alpha value is -1.77. The number of rotatable bonds is 4. The van der Waals surface area contributed by atoms with Gasteiger partial charge in [-0.2, -0.15) is 0 Å². The molecule has 0 radical (unpaired) electrons. The van der Waals surface area contributed by atoms with Crippen LogP contribution in [0.1, 0.15) is 12.8 Å². The molecule has 2 heterocycles. The van der Waals surface area contributed by atoms with Gasteiger partial charge < -0.3 is 14.6 Å². The van der Waals surface area contributed by atoms with Gasteiger partial charge in [0.1, 0.15) is 4.90 Å². The van der Waals surface area contributed by atoms with E-state index in [-0.39, 0.29) is 16.0 Å². The second-order valence-electron chi connectivity index (χ2n) is 5.81. The maximum absolute atomic E-state index is 12.5. The molecule has 0 atom stereocenters. The smallest absolute Gasteiger partial charge is 0.244 e. The summed E-state index contributed by atoms with van der Waals surface area (Å²) >= 11 is 5.80. The standard InChI is InChI=1S/C15H19ClN4O3S/c1-19-10-7-17-15(19)20-8-5-11(6-9-20)18-24(22,23)13-4-2-3-12(16)14(13)21/h2-4,7,10-11,18,21H,5-6,8-9H2,1H3. The summed E-state index contributed by atoms with van der Waals surface area (Å²) < 4.78 is 29.6. The number of aromatic nitrogens is 2. The van der Waals surface area contributed by atoms with Crippen LogP contribution in [0.3, 0.4) is 0 Å².